The lowest BCUT2D eigenvalue weighted by Crippen LogP contribution is -2.53. The summed E-state index contributed by atoms with van der Waals surface area (Å²) >= 11 is 12.8. The molecule has 0 bridgehead atoms. The molecule has 9 rings (SSSR count). The highest BCUT2D eigenvalue weighted by atomic mass is 35.5. The van der Waals surface area contributed by atoms with Crippen LogP contribution in [0.4, 0.5) is 28.4 Å². The van der Waals surface area contributed by atoms with Gasteiger partial charge in [0, 0.05) is 42.6 Å². The number of anilines is 3. The van der Waals surface area contributed by atoms with Gasteiger partial charge in [0.15, 0.2) is 5.69 Å². The summed E-state index contributed by atoms with van der Waals surface area (Å²) in [5.74, 6) is -7.48. The van der Waals surface area contributed by atoms with Crippen LogP contribution in [-0.4, -0.2) is 64.8 Å². The second kappa shape index (κ2) is 15.1. The number of allylic oxidation sites excluding steroid dienone is 2. The van der Waals surface area contributed by atoms with Crippen LogP contribution in [0.25, 0.3) is 10.8 Å². The molecule has 2 heterocycles. The number of amides is 4. The first kappa shape index (κ1) is 41.3. The number of carbonyl (C=O) groups is 4. The number of hydrogen-bond acceptors (Lipinski definition) is 12. The van der Waals surface area contributed by atoms with Gasteiger partial charge in [-0.2, -0.15) is 5.01 Å². The average Bonchev–Trinajstić information content (AvgIpc) is 3.64. The fourth-order valence-corrected chi connectivity index (χ4v) is 10.9. The first-order valence-electron chi connectivity index (χ1n) is 19.8. The van der Waals surface area contributed by atoms with E-state index in [2.05, 4.69) is 5.43 Å². The molecule has 6 unspecified atom stereocenters. The van der Waals surface area contributed by atoms with E-state index in [1.54, 1.807) is 60.7 Å². The third-order valence-electron chi connectivity index (χ3n) is 13.0. The largest absolute Gasteiger partial charge is 0.507 e. The number of hydrazine groups is 1. The summed E-state index contributed by atoms with van der Waals surface area (Å²) < 4.78 is 5.49. The van der Waals surface area contributed by atoms with E-state index in [1.807, 2.05) is 6.08 Å². The number of methoxy groups -OCH3 is 1. The van der Waals surface area contributed by atoms with Crippen LogP contribution in [0.3, 0.4) is 0 Å². The molecule has 2 saturated heterocycles. The van der Waals surface area contributed by atoms with Crippen molar-refractivity contribution in [1.29, 1.82) is 0 Å². The second-order valence-electron chi connectivity index (χ2n) is 16.2. The van der Waals surface area contributed by atoms with Crippen LogP contribution in [0.2, 0.25) is 10.0 Å². The minimum atomic E-state index is -1.71. The molecule has 320 valence electrons. The summed E-state index contributed by atoms with van der Waals surface area (Å²) in [5, 5.41) is 38.2. The number of benzene rings is 5. The molecule has 0 radical (unpaired) electrons. The summed E-state index contributed by atoms with van der Waals surface area (Å²) in [6, 6.07) is 23.6. The lowest BCUT2D eigenvalue weighted by Gasteiger charge is -2.51. The molecule has 2 aliphatic heterocycles. The number of carbonyl (C=O) groups excluding carboxylic acids is 4. The molecule has 0 aromatic heterocycles. The van der Waals surface area contributed by atoms with Gasteiger partial charge >= 0.3 is 11.4 Å². The van der Waals surface area contributed by atoms with Gasteiger partial charge in [0.25, 0.3) is 11.8 Å². The molecule has 3 fully saturated rings. The second-order valence-corrected chi connectivity index (χ2v) is 17.0. The number of halogens is 2. The van der Waals surface area contributed by atoms with Gasteiger partial charge in [0.05, 0.1) is 56.5 Å². The van der Waals surface area contributed by atoms with Crippen LogP contribution in [0, 0.1) is 43.9 Å². The topological polar surface area (TPSA) is 206 Å². The molecule has 4 amide bonds. The minimum absolute atomic E-state index is 0.00208. The molecular weight excluding hydrogens is 855 g/mol. The zero-order valence-corrected chi connectivity index (χ0v) is 35.2. The molecule has 18 heteroatoms. The van der Waals surface area contributed by atoms with Crippen LogP contribution in [-0.2, 0) is 24.6 Å². The molecule has 1 saturated carbocycles. The standard InChI is InChI=1S/C45H36Cl2N6O10/c1-49(2)40-35(52(59)60)19-24(20-36(40)53(61)62)50-41(55)30-14-13-29-31(38(30)43(50)57)21-32-42(56)51(48-34-16-10-23(46)18-33(34)47)44(58)45(32,22-8-11-25(63-3)12-9-22)39(29)28-15-17-37(54)27-7-5-4-6-26(27)28/h4-13,15-20,30-32,38-39,48,54H,14,21H2,1-3H3. The van der Waals surface area contributed by atoms with Crippen LogP contribution < -0.4 is 20.0 Å². The number of imide groups is 2. The first-order chi connectivity index (χ1) is 30.1. The molecule has 0 spiro atoms. The van der Waals surface area contributed by atoms with Crippen LogP contribution in [0.5, 0.6) is 11.5 Å². The molecule has 5 aromatic rings. The Morgan fingerprint density at radius 1 is 0.841 bits per heavy atom. The van der Waals surface area contributed by atoms with E-state index < -0.39 is 79.9 Å². The molecule has 5 aromatic carbocycles. The van der Waals surface area contributed by atoms with Crippen molar-refractivity contribution in [2.24, 2.45) is 23.7 Å². The summed E-state index contributed by atoms with van der Waals surface area (Å²) in [4.78, 5) is 85.5. The highest BCUT2D eigenvalue weighted by Crippen LogP contribution is 2.65. The number of phenolic OH excluding ortho intramolecular Hbond substituents is 1. The smallest absolute Gasteiger partial charge is 0.301 e. The van der Waals surface area contributed by atoms with E-state index in [4.69, 9.17) is 27.9 Å². The highest BCUT2D eigenvalue weighted by Gasteiger charge is 2.70. The number of hydrogen-bond donors (Lipinski definition) is 2. The summed E-state index contributed by atoms with van der Waals surface area (Å²) in [7, 11) is 4.31. The van der Waals surface area contributed by atoms with Gasteiger partial charge in [0.1, 0.15) is 11.5 Å². The van der Waals surface area contributed by atoms with Crippen molar-refractivity contribution in [3.05, 3.63) is 144 Å². The zero-order chi connectivity index (χ0) is 44.8. The van der Waals surface area contributed by atoms with Gasteiger partial charge in [-0.25, -0.2) is 4.90 Å². The van der Waals surface area contributed by atoms with Gasteiger partial charge in [-0.1, -0.05) is 77.3 Å². The van der Waals surface area contributed by atoms with Gasteiger partial charge in [-0.05, 0) is 71.7 Å². The lowest BCUT2D eigenvalue weighted by molar-refractivity contribution is -0.392. The molecule has 4 aliphatic rings. The van der Waals surface area contributed by atoms with E-state index >= 15 is 9.59 Å². The Bertz CT molecular complexity index is 2850. The van der Waals surface area contributed by atoms with Crippen molar-refractivity contribution in [2.75, 3.05) is 36.4 Å². The van der Waals surface area contributed by atoms with E-state index in [1.165, 1.54) is 44.3 Å². The number of fused-ring (bicyclic) bond motifs is 5. The normalized spacial score (nSPS) is 23.9. The Kier molecular flexibility index (Phi) is 9.90. The number of aromatic hydroxyl groups is 1. The fourth-order valence-electron chi connectivity index (χ4n) is 10.5. The van der Waals surface area contributed by atoms with E-state index in [9.17, 15) is 34.9 Å². The van der Waals surface area contributed by atoms with Gasteiger partial charge in [0.2, 0.25) is 11.8 Å². The van der Waals surface area contributed by atoms with Gasteiger partial charge < -0.3 is 14.7 Å². The fraction of sp³-hybridized carbons (Fsp3) is 0.244. The van der Waals surface area contributed by atoms with Crippen LogP contribution in [0.15, 0.2) is 103 Å². The number of nitro groups is 2. The molecule has 63 heavy (non-hydrogen) atoms. The SMILES string of the molecule is COc1ccc(C23C(=O)N(Nc4ccc(Cl)cc4Cl)C(=O)C2CC2C(=CCC4C(=O)N(c5cc([N+](=O)[O-])c(N(C)C)c([N+](=O)[O-])c5)C(=O)C42)C3c2ccc(O)c3ccccc23)cc1. The first-order valence-corrected chi connectivity index (χ1v) is 20.5. The van der Waals surface area contributed by atoms with Gasteiger partial charge in [-0.15, -0.1) is 0 Å². The third kappa shape index (κ3) is 6.10. The van der Waals surface area contributed by atoms with Crippen molar-refractivity contribution in [2.45, 2.75) is 24.2 Å². The van der Waals surface area contributed by atoms with E-state index in [-0.39, 0.29) is 40.7 Å². The average molecular weight is 892 g/mol. The van der Waals surface area contributed by atoms with E-state index in [0.717, 1.165) is 22.0 Å². The van der Waals surface area contributed by atoms with E-state index in [0.29, 0.717) is 38.2 Å². The zero-order valence-electron chi connectivity index (χ0n) is 33.7. The van der Waals surface area contributed by atoms with Crippen molar-refractivity contribution in [3.8, 4) is 11.5 Å². The Hall–Kier alpha value is -7.04. The molecular formula is C45H36Cl2N6O10. The van der Waals surface area contributed by atoms with Crippen LogP contribution >= 0.6 is 23.2 Å². The highest BCUT2D eigenvalue weighted by molar-refractivity contribution is 6.36. The van der Waals surface area contributed by atoms with Crippen molar-refractivity contribution in [1.82, 2.24) is 5.01 Å². The predicted octanol–water partition coefficient (Wildman–Crippen LogP) is 7.93. The Morgan fingerprint density at radius 2 is 1.51 bits per heavy atom. The number of phenols is 1. The predicted molar refractivity (Wildman–Crippen MR) is 233 cm³/mol. The Balaban J connectivity index is 1.26. The molecule has 2 aliphatic carbocycles. The number of nitrogens with one attached hydrogen (secondary N) is 1. The number of nitrogens with zero attached hydrogens (tertiary/aromatic N) is 5. The van der Waals surface area contributed by atoms with Crippen molar-refractivity contribution in [3.63, 3.8) is 0 Å². The maximum absolute atomic E-state index is 15.7. The van der Waals surface area contributed by atoms with Crippen molar-refractivity contribution < 1.29 is 38.9 Å². The maximum Gasteiger partial charge on any atom is 0.301 e. The summed E-state index contributed by atoms with van der Waals surface area (Å²) in [5.41, 5.74) is 1.06. The Labute approximate surface area is 368 Å². The number of rotatable bonds is 9. The molecule has 6 atom stereocenters. The van der Waals surface area contributed by atoms with Crippen molar-refractivity contribution >= 4 is 86.0 Å². The maximum atomic E-state index is 15.7. The number of ether oxygens (including phenoxy) is 1. The van der Waals surface area contributed by atoms with Crippen LogP contribution in [0.1, 0.15) is 29.9 Å². The quantitative estimate of drug-likeness (QED) is 0.0626. The molecule has 2 N–H and O–H groups in total. The Morgan fingerprint density at radius 3 is 2.13 bits per heavy atom. The monoisotopic (exact) mass is 890 g/mol. The molecule has 16 nitrogen and oxygen atoms in total. The minimum Gasteiger partial charge on any atom is -0.507 e. The third-order valence-corrected chi connectivity index (χ3v) is 13.5. The summed E-state index contributed by atoms with van der Waals surface area (Å²) in [6.07, 6.45) is 1.73. The number of nitro benzene ring substituents is 2. The lowest BCUT2D eigenvalue weighted by atomic mass is 9.49. The van der Waals surface area contributed by atoms with Gasteiger partial charge in [-0.3, -0.25) is 44.8 Å². The summed E-state index contributed by atoms with van der Waals surface area (Å²) in [6.45, 7) is 0.